The molecule has 142 valence electrons. The average Bonchev–Trinajstić information content (AvgIpc) is 3.11. The standard InChI is InChI=1S/C22H19Cl2N3O/c23-18-4-3-5-19(24)17(18)14-28-16-10-8-15(9-11-16)12-25-13-22-26-20-6-1-2-7-21(20)27-22/h1-11,25H,12-14H2,(H,26,27). The molecule has 0 saturated carbocycles. The van der Waals surface area contributed by atoms with Crippen LogP contribution in [0.25, 0.3) is 11.0 Å². The second kappa shape index (κ2) is 8.65. The van der Waals surface area contributed by atoms with E-state index in [1.54, 1.807) is 0 Å². The number of H-pyrrole nitrogens is 1. The van der Waals surface area contributed by atoms with E-state index in [0.717, 1.165) is 34.7 Å². The molecule has 4 rings (SSSR count). The van der Waals surface area contributed by atoms with Gasteiger partial charge in [0.15, 0.2) is 0 Å². The summed E-state index contributed by atoms with van der Waals surface area (Å²) in [6.07, 6.45) is 0. The van der Waals surface area contributed by atoms with E-state index in [1.807, 2.05) is 66.7 Å². The lowest BCUT2D eigenvalue weighted by atomic mass is 10.2. The predicted molar refractivity (Wildman–Crippen MR) is 114 cm³/mol. The number of halogens is 2. The van der Waals surface area contributed by atoms with E-state index < -0.39 is 0 Å². The number of aromatic amines is 1. The molecule has 6 heteroatoms. The Morgan fingerprint density at radius 3 is 2.36 bits per heavy atom. The number of benzene rings is 3. The molecular formula is C22H19Cl2N3O. The Labute approximate surface area is 173 Å². The largest absolute Gasteiger partial charge is 0.489 e. The Morgan fingerprint density at radius 1 is 0.857 bits per heavy atom. The first-order valence-electron chi connectivity index (χ1n) is 8.98. The van der Waals surface area contributed by atoms with Crippen molar-refractivity contribution < 1.29 is 4.74 Å². The van der Waals surface area contributed by atoms with Gasteiger partial charge in [-0.15, -0.1) is 0 Å². The minimum atomic E-state index is 0.335. The smallest absolute Gasteiger partial charge is 0.121 e. The van der Waals surface area contributed by atoms with Gasteiger partial charge in [-0.05, 0) is 42.0 Å². The second-order valence-electron chi connectivity index (χ2n) is 6.44. The Kier molecular flexibility index (Phi) is 5.81. The van der Waals surface area contributed by atoms with Crippen molar-refractivity contribution in [3.05, 3.63) is 93.7 Å². The molecule has 0 saturated heterocycles. The van der Waals surface area contributed by atoms with Crippen LogP contribution in [0.4, 0.5) is 0 Å². The number of nitrogens with zero attached hydrogens (tertiary/aromatic N) is 1. The molecule has 1 aromatic heterocycles. The van der Waals surface area contributed by atoms with Crippen LogP contribution >= 0.6 is 23.2 Å². The Morgan fingerprint density at radius 2 is 1.61 bits per heavy atom. The normalized spacial score (nSPS) is 11.1. The zero-order valence-electron chi connectivity index (χ0n) is 15.1. The summed E-state index contributed by atoms with van der Waals surface area (Å²) in [5.74, 6) is 1.70. The SMILES string of the molecule is Clc1cccc(Cl)c1COc1ccc(CNCc2nc3ccccc3[nH]2)cc1. The summed E-state index contributed by atoms with van der Waals surface area (Å²) >= 11 is 12.3. The molecular weight excluding hydrogens is 393 g/mol. The third kappa shape index (κ3) is 4.47. The highest BCUT2D eigenvalue weighted by molar-refractivity contribution is 6.35. The minimum absolute atomic E-state index is 0.335. The first-order valence-corrected chi connectivity index (χ1v) is 9.73. The summed E-state index contributed by atoms with van der Waals surface area (Å²) in [5.41, 5.74) is 4.00. The molecule has 0 aliphatic heterocycles. The fourth-order valence-corrected chi connectivity index (χ4v) is 3.45. The first kappa shape index (κ1) is 18.8. The highest BCUT2D eigenvalue weighted by atomic mass is 35.5. The lowest BCUT2D eigenvalue weighted by Crippen LogP contribution is -2.13. The van der Waals surface area contributed by atoms with Gasteiger partial charge in [-0.2, -0.15) is 0 Å². The number of nitrogens with one attached hydrogen (secondary N) is 2. The Bertz CT molecular complexity index is 1020. The minimum Gasteiger partial charge on any atom is -0.489 e. The van der Waals surface area contributed by atoms with Crippen LogP contribution in [0.1, 0.15) is 17.0 Å². The topological polar surface area (TPSA) is 49.9 Å². The van der Waals surface area contributed by atoms with Crippen LogP contribution in [-0.2, 0) is 19.7 Å². The highest BCUT2D eigenvalue weighted by Gasteiger charge is 2.06. The molecule has 0 unspecified atom stereocenters. The van der Waals surface area contributed by atoms with Crippen molar-refractivity contribution in [2.75, 3.05) is 0 Å². The highest BCUT2D eigenvalue weighted by Crippen LogP contribution is 2.26. The van der Waals surface area contributed by atoms with Crippen LogP contribution in [-0.4, -0.2) is 9.97 Å². The monoisotopic (exact) mass is 411 g/mol. The van der Waals surface area contributed by atoms with E-state index in [-0.39, 0.29) is 0 Å². The van der Waals surface area contributed by atoms with E-state index in [0.29, 0.717) is 23.2 Å². The number of hydrogen-bond donors (Lipinski definition) is 2. The molecule has 0 aliphatic rings. The third-order valence-electron chi connectivity index (χ3n) is 4.43. The molecule has 4 aromatic rings. The number of imidazole rings is 1. The van der Waals surface area contributed by atoms with Crippen molar-refractivity contribution in [3.8, 4) is 5.75 Å². The van der Waals surface area contributed by atoms with E-state index in [2.05, 4.69) is 15.3 Å². The number of para-hydroxylation sites is 2. The van der Waals surface area contributed by atoms with Crippen LogP contribution in [0.15, 0.2) is 66.7 Å². The Balaban J connectivity index is 1.29. The lowest BCUT2D eigenvalue weighted by Gasteiger charge is -2.10. The van der Waals surface area contributed by atoms with Crippen molar-refractivity contribution in [1.82, 2.24) is 15.3 Å². The van der Waals surface area contributed by atoms with Crippen molar-refractivity contribution in [2.45, 2.75) is 19.7 Å². The van der Waals surface area contributed by atoms with Gasteiger partial charge in [-0.25, -0.2) is 4.98 Å². The van der Waals surface area contributed by atoms with Gasteiger partial charge in [-0.1, -0.05) is 53.5 Å². The maximum Gasteiger partial charge on any atom is 0.121 e. The fourth-order valence-electron chi connectivity index (χ4n) is 2.94. The first-order chi connectivity index (χ1) is 13.7. The van der Waals surface area contributed by atoms with Crippen LogP contribution in [0.3, 0.4) is 0 Å². The summed E-state index contributed by atoms with van der Waals surface area (Å²) < 4.78 is 5.81. The van der Waals surface area contributed by atoms with Crippen molar-refractivity contribution >= 4 is 34.2 Å². The molecule has 0 amide bonds. The third-order valence-corrected chi connectivity index (χ3v) is 5.14. The van der Waals surface area contributed by atoms with E-state index in [9.17, 15) is 0 Å². The Hall–Kier alpha value is -2.53. The molecule has 3 aromatic carbocycles. The van der Waals surface area contributed by atoms with E-state index >= 15 is 0 Å². The van der Waals surface area contributed by atoms with Gasteiger partial charge in [0, 0.05) is 22.2 Å². The van der Waals surface area contributed by atoms with Gasteiger partial charge in [-0.3, -0.25) is 0 Å². The molecule has 28 heavy (non-hydrogen) atoms. The van der Waals surface area contributed by atoms with E-state index in [1.165, 1.54) is 5.56 Å². The maximum atomic E-state index is 6.17. The second-order valence-corrected chi connectivity index (χ2v) is 7.25. The zero-order chi connectivity index (χ0) is 19.3. The summed E-state index contributed by atoms with van der Waals surface area (Å²) in [5, 5.41) is 4.62. The predicted octanol–water partition coefficient (Wildman–Crippen LogP) is 5.74. The van der Waals surface area contributed by atoms with Crippen LogP contribution in [0.2, 0.25) is 10.0 Å². The van der Waals surface area contributed by atoms with Gasteiger partial charge in [0.2, 0.25) is 0 Å². The van der Waals surface area contributed by atoms with E-state index in [4.69, 9.17) is 27.9 Å². The van der Waals surface area contributed by atoms with Gasteiger partial charge in [0.1, 0.15) is 18.2 Å². The number of aromatic nitrogens is 2. The maximum absolute atomic E-state index is 6.17. The summed E-state index contributed by atoms with van der Waals surface area (Å²) in [6, 6.07) is 21.4. The number of hydrogen-bond acceptors (Lipinski definition) is 3. The molecule has 0 radical (unpaired) electrons. The summed E-state index contributed by atoms with van der Waals surface area (Å²) in [6.45, 7) is 1.76. The molecule has 1 heterocycles. The summed E-state index contributed by atoms with van der Waals surface area (Å²) in [4.78, 5) is 7.88. The molecule has 4 nitrogen and oxygen atoms in total. The average molecular weight is 412 g/mol. The van der Waals surface area contributed by atoms with Crippen LogP contribution in [0, 0.1) is 0 Å². The van der Waals surface area contributed by atoms with Crippen molar-refractivity contribution in [2.24, 2.45) is 0 Å². The van der Waals surface area contributed by atoms with Gasteiger partial charge in [0.05, 0.1) is 17.6 Å². The lowest BCUT2D eigenvalue weighted by molar-refractivity contribution is 0.306. The number of fused-ring (bicyclic) bond motifs is 1. The van der Waals surface area contributed by atoms with Gasteiger partial charge in [0.25, 0.3) is 0 Å². The quantitative estimate of drug-likeness (QED) is 0.407. The van der Waals surface area contributed by atoms with Crippen molar-refractivity contribution in [1.29, 1.82) is 0 Å². The molecule has 0 bridgehead atoms. The van der Waals surface area contributed by atoms with Crippen LogP contribution in [0.5, 0.6) is 5.75 Å². The molecule has 0 aliphatic carbocycles. The fraction of sp³-hybridized carbons (Fsp3) is 0.136. The van der Waals surface area contributed by atoms with Gasteiger partial charge < -0.3 is 15.0 Å². The molecule has 0 fully saturated rings. The van der Waals surface area contributed by atoms with Crippen molar-refractivity contribution in [3.63, 3.8) is 0 Å². The molecule has 2 N–H and O–H groups in total. The molecule has 0 spiro atoms. The number of rotatable bonds is 7. The molecule has 0 atom stereocenters. The van der Waals surface area contributed by atoms with Gasteiger partial charge >= 0.3 is 0 Å². The summed E-state index contributed by atoms with van der Waals surface area (Å²) in [7, 11) is 0. The number of ether oxygens (including phenoxy) is 1. The van der Waals surface area contributed by atoms with Crippen LogP contribution < -0.4 is 10.1 Å². The zero-order valence-corrected chi connectivity index (χ0v) is 16.6.